The molecule has 2 aromatic carbocycles. The van der Waals surface area contributed by atoms with Crippen LogP contribution in [0.5, 0.6) is 0 Å². The van der Waals surface area contributed by atoms with Crippen LogP contribution in [0.1, 0.15) is 40.5 Å². The average molecular weight is 425 g/mol. The summed E-state index contributed by atoms with van der Waals surface area (Å²) in [6, 6.07) is 16.7. The summed E-state index contributed by atoms with van der Waals surface area (Å²) in [5.74, 6) is -0.105. The molecule has 6 nitrogen and oxygen atoms in total. The normalized spacial score (nSPS) is 12.3. The van der Waals surface area contributed by atoms with Gasteiger partial charge in [-0.3, -0.25) is 9.69 Å². The number of halogens is 1. The monoisotopic (exact) mass is 424 g/mol. The molecule has 0 radical (unpaired) electrons. The minimum absolute atomic E-state index is 0.00919. The Morgan fingerprint density at radius 3 is 2.52 bits per heavy atom. The minimum Gasteiger partial charge on any atom is -0.447 e. The van der Waals surface area contributed by atoms with E-state index in [2.05, 4.69) is 22.1 Å². The number of oxazole rings is 1. The summed E-state index contributed by atoms with van der Waals surface area (Å²) in [6.45, 7) is 4.05. The van der Waals surface area contributed by atoms with Gasteiger partial charge in [0.15, 0.2) is 5.69 Å². The highest BCUT2D eigenvalue weighted by molar-refractivity contribution is 5.91. The Hall–Kier alpha value is -3.03. The molecule has 0 bridgehead atoms. The topological polar surface area (TPSA) is 61.6 Å². The molecule has 1 aromatic heterocycles. The number of aromatic nitrogens is 1. The predicted octanol–water partition coefficient (Wildman–Crippen LogP) is 3.87. The first-order chi connectivity index (χ1) is 14.9. The lowest BCUT2D eigenvalue weighted by Crippen LogP contribution is -2.31. The van der Waals surface area contributed by atoms with Crippen LogP contribution < -0.4 is 5.32 Å². The first-order valence-corrected chi connectivity index (χ1v) is 10.3. The molecule has 0 spiro atoms. The fourth-order valence-electron chi connectivity index (χ4n) is 3.26. The predicted molar refractivity (Wildman–Crippen MR) is 118 cm³/mol. The third-order valence-corrected chi connectivity index (χ3v) is 5.13. The summed E-state index contributed by atoms with van der Waals surface area (Å²) in [7, 11) is 3.89. The molecule has 1 amide bonds. The van der Waals surface area contributed by atoms with Crippen molar-refractivity contribution in [2.45, 2.75) is 26.1 Å². The quantitative estimate of drug-likeness (QED) is 0.535. The molecular formula is C24H29FN4O2. The number of nitrogens with zero attached hydrogens (tertiary/aromatic N) is 3. The van der Waals surface area contributed by atoms with Crippen molar-refractivity contribution in [3.05, 3.63) is 89.4 Å². The Balaban J connectivity index is 1.75. The highest BCUT2D eigenvalue weighted by Gasteiger charge is 2.21. The van der Waals surface area contributed by atoms with Crippen LogP contribution in [0.3, 0.4) is 0 Å². The molecule has 3 rings (SSSR count). The third-order valence-electron chi connectivity index (χ3n) is 5.13. The molecule has 7 heteroatoms. The second kappa shape index (κ2) is 10.8. The van der Waals surface area contributed by atoms with Gasteiger partial charge in [-0.25, -0.2) is 9.37 Å². The molecule has 0 saturated carbocycles. The highest BCUT2D eigenvalue weighted by atomic mass is 19.1. The molecule has 0 unspecified atom stereocenters. The maximum absolute atomic E-state index is 14.3. The summed E-state index contributed by atoms with van der Waals surface area (Å²) in [5, 5.41) is 2.83. The van der Waals surface area contributed by atoms with E-state index in [-0.39, 0.29) is 23.5 Å². The van der Waals surface area contributed by atoms with Crippen molar-refractivity contribution in [3.63, 3.8) is 0 Å². The van der Waals surface area contributed by atoms with Gasteiger partial charge in [0.1, 0.15) is 12.1 Å². The summed E-state index contributed by atoms with van der Waals surface area (Å²) in [4.78, 5) is 20.7. The number of hydrogen-bond acceptors (Lipinski definition) is 5. The summed E-state index contributed by atoms with van der Waals surface area (Å²) < 4.78 is 19.9. The van der Waals surface area contributed by atoms with Gasteiger partial charge in [0.2, 0.25) is 5.89 Å². The van der Waals surface area contributed by atoms with E-state index >= 15 is 0 Å². The Kier molecular flexibility index (Phi) is 7.92. The van der Waals surface area contributed by atoms with E-state index in [0.717, 1.165) is 12.1 Å². The van der Waals surface area contributed by atoms with E-state index < -0.39 is 0 Å². The van der Waals surface area contributed by atoms with Crippen LogP contribution in [0.4, 0.5) is 4.39 Å². The lowest BCUT2D eigenvalue weighted by atomic mass is 10.1. The van der Waals surface area contributed by atoms with Crippen molar-refractivity contribution >= 4 is 5.91 Å². The van der Waals surface area contributed by atoms with Gasteiger partial charge in [-0.2, -0.15) is 0 Å². The average Bonchev–Trinajstić information content (AvgIpc) is 3.23. The van der Waals surface area contributed by atoms with E-state index in [0.29, 0.717) is 31.1 Å². The van der Waals surface area contributed by atoms with Crippen LogP contribution in [-0.4, -0.2) is 47.9 Å². The zero-order chi connectivity index (χ0) is 22.2. The molecule has 0 aliphatic rings. The van der Waals surface area contributed by atoms with Crippen LogP contribution in [0.25, 0.3) is 0 Å². The van der Waals surface area contributed by atoms with Gasteiger partial charge < -0.3 is 14.6 Å². The highest BCUT2D eigenvalue weighted by Crippen LogP contribution is 2.25. The lowest BCUT2D eigenvalue weighted by molar-refractivity contribution is 0.0946. The Bertz CT molecular complexity index is 974. The number of hydrogen-bond donors (Lipinski definition) is 1. The molecular weight excluding hydrogens is 395 g/mol. The second-order valence-corrected chi connectivity index (χ2v) is 7.77. The number of carbonyl (C=O) groups excluding carboxylic acids is 1. The number of likely N-dealkylation sites (N-methyl/N-ethyl adjacent to an activating group) is 1. The van der Waals surface area contributed by atoms with Crippen LogP contribution in [0.2, 0.25) is 0 Å². The first kappa shape index (κ1) is 22.7. The van der Waals surface area contributed by atoms with E-state index in [9.17, 15) is 9.18 Å². The molecule has 1 heterocycles. The fraction of sp³-hybridized carbons (Fsp3) is 0.333. The van der Waals surface area contributed by atoms with Gasteiger partial charge >= 0.3 is 0 Å². The molecule has 3 aromatic rings. The molecule has 31 heavy (non-hydrogen) atoms. The number of carbonyl (C=O) groups is 1. The number of nitrogens with one attached hydrogen (secondary N) is 1. The molecule has 0 aliphatic heterocycles. The minimum atomic E-state index is -0.270. The van der Waals surface area contributed by atoms with Gasteiger partial charge in [-0.05, 0) is 32.6 Å². The number of amides is 1. The SMILES string of the molecule is C[C@H](c1ccccc1)N(Cc1nc(C(=O)NCCN(C)C)co1)Cc1ccccc1F. The standard InChI is InChI=1S/C24H29FN4O2/c1-18(19-9-5-4-6-10-19)29(15-20-11-7-8-12-21(20)25)16-23-27-22(17-31-23)24(30)26-13-14-28(2)3/h4-12,17-18H,13-16H2,1-3H3,(H,26,30)/t18-/m1/s1. The van der Waals surface area contributed by atoms with E-state index in [1.165, 1.54) is 12.3 Å². The zero-order valence-electron chi connectivity index (χ0n) is 18.2. The first-order valence-electron chi connectivity index (χ1n) is 10.3. The van der Waals surface area contributed by atoms with Crippen molar-refractivity contribution in [2.75, 3.05) is 27.2 Å². The Morgan fingerprint density at radius 1 is 1.10 bits per heavy atom. The molecule has 164 valence electrons. The van der Waals surface area contributed by atoms with Crippen LogP contribution in [0, 0.1) is 5.82 Å². The maximum Gasteiger partial charge on any atom is 0.273 e. The Labute approximate surface area is 182 Å². The fourth-order valence-corrected chi connectivity index (χ4v) is 3.26. The molecule has 0 fully saturated rings. The van der Waals surface area contributed by atoms with Crippen molar-refractivity contribution in [2.24, 2.45) is 0 Å². The van der Waals surface area contributed by atoms with E-state index in [4.69, 9.17) is 4.42 Å². The van der Waals surface area contributed by atoms with Crippen LogP contribution in [-0.2, 0) is 13.1 Å². The molecule has 1 atom stereocenters. The number of benzene rings is 2. The molecule has 0 saturated heterocycles. The van der Waals surface area contributed by atoms with Crippen LogP contribution in [0.15, 0.2) is 65.3 Å². The van der Waals surface area contributed by atoms with Crippen molar-refractivity contribution in [1.82, 2.24) is 20.1 Å². The van der Waals surface area contributed by atoms with Crippen LogP contribution >= 0.6 is 0 Å². The maximum atomic E-state index is 14.3. The third kappa shape index (κ3) is 6.47. The van der Waals surface area contributed by atoms with Gasteiger partial charge in [0.25, 0.3) is 5.91 Å². The van der Waals surface area contributed by atoms with Gasteiger partial charge in [0, 0.05) is 31.2 Å². The van der Waals surface area contributed by atoms with Gasteiger partial charge in [-0.1, -0.05) is 48.5 Å². The van der Waals surface area contributed by atoms with Gasteiger partial charge in [-0.15, -0.1) is 0 Å². The van der Waals surface area contributed by atoms with Gasteiger partial charge in [0.05, 0.1) is 6.54 Å². The van der Waals surface area contributed by atoms with Crippen molar-refractivity contribution in [3.8, 4) is 0 Å². The smallest absolute Gasteiger partial charge is 0.273 e. The van der Waals surface area contributed by atoms with Crippen molar-refractivity contribution in [1.29, 1.82) is 0 Å². The summed E-state index contributed by atoms with van der Waals surface area (Å²) in [6.07, 6.45) is 1.37. The molecule has 0 aliphatic carbocycles. The van der Waals surface area contributed by atoms with E-state index in [1.54, 1.807) is 12.1 Å². The second-order valence-electron chi connectivity index (χ2n) is 7.77. The summed E-state index contributed by atoms with van der Waals surface area (Å²) >= 11 is 0. The zero-order valence-corrected chi connectivity index (χ0v) is 18.2. The van der Waals surface area contributed by atoms with Crippen molar-refractivity contribution < 1.29 is 13.6 Å². The lowest BCUT2D eigenvalue weighted by Gasteiger charge is -2.28. The molecule has 1 N–H and O–H groups in total. The number of rotatable bonds is 10. The summed E-state index contributed by atoms with van der Waals surface area (Å²) in [5.41, 5.74) is 1.94. The van der Waals surface area contributed by atoms with E-state index in [1.807, 2.05) is 55.4 Å². The largest absolute Gasteiger partial charge is 0.447 e. The Morgan fingerprint density at radius 2 is 1.81 bits per heavy atom.